The van der Waals surface area contributed by atoms with E-state index in [0.29, 0.717) is 22.2 Å². The first kappa shape index (κ1) is 21.2. The highest BCUT2D eigenvalue weighted by atomic mass is 16.6. The lowest BCUT2D eigenvalue weighted by Gasteiger charge is -2.21. The van der Waals surface area contributed by atoms with Crippen LogP contribution in [0.4, 0.5) is 5.69 Å². The molecule has 0 aliphatic heterocycles. The number of para-hydroxylation sites is 1. The quantitative estimate of drug-likeness (QED) is 0.236. The van der Waals surface area contributed by atoms with Gasteiger partial charge in [-0.1, -0.05) is 42.5 Å². The average Bonchev–Trinajstić information content (AvgIpc) is 2.89. The van der Waals surface area contributed by atoms with Crippen molar-refractivity contribution in [2.24, 2.45) is 0 Å². The van der Waals surface area contributed by atoms with Crippen molar-refractivity contribution in [3.05, 3.63) is 123 Å². The van der Waals surface area contributed by atoms with E-state index in [9.17, 15) is 14.9 Å². The van der Waals surface area contributed by atoms with E-state index in [2.05, 4.69) is 4.57 Å². The van der Waals surface area contributed by atoms with Gasteiger partial charge >= 0.3 is 0 Å². The van der Waals surface area contributed by atoms with Gasteiger partial charge in [0.1, 0.15) is 5.75 Å². The first-order valence-corrected chi connectivity index (χ1v) is 10.7. The minimum Gasteiger partial charge on any atom is -0.497 e. The molecule has 0 atom stereocenters. The molecule has 0 bridgehead atoms. The fourth-order valence-corrected chi connectivity index (χ4v) is 4.22. The SMILES string of the molecule is COc1ccc(-n2c(-c3ccccc3)c(-c3ccc([N+](=O)[O-])cc3)c(=O)c3ccccc32)cc1. The Kier molecular flexibility index (Phi) is 5.40. The van der Waals surface area contributed by atoms with Gasteiger partial charge in [-0.2, -0.15) is 0 Å². The molecule has 0 radical (unpaired) electrons. The van der Waals surface area contributed by atoms with Gasteiger partial charge in [-0.25, -0.2) is 0 Å². The summed E-state index contributed by atoms with van der Waals surface area (Å²) in [4.78, 5) is 24.6. The summed E-state index contributed by atoms with van der Waals surface area (Å²) >= 11 is 0. The molecule has 6 nitrogen and oxygen atoms in total. The molecule has 0 spiro atoms. The maximum absolute atomic E-state index is 13.9. The van der Waals surface area contributed by atoms with E-state index in [1.807, 2.05) is 72.8 Å². The zero-order valence-corrected chi connectivity index (χ0v) is 18.3. The second-order valence-corrected chi connectivity index (χ2v) is 7.77. The van der Waals surface area contributed by atoms with Crippen LogP contribution >= 0.6 is 0 Å². The molecule has 0 fully saturated rings. The molecule has 4 aromatic carbocycles. The lowest BCUT2D eigenvalue weighted by atomic mass is 9.95. The first-order valence-electron chi connectivity index (χ1n) is 10.7. The summed E-state index contributed by atoms with van der Waals surface area (Å²) in [5.41, 5.74) is 4.13. The zero-order valence-electron chi connectivity index (χ0n) is 18.3. The van der Waals surface area contributed by atoms with Gasteiger partial charge in [0.2, 0.25) is 0 Å². The van der Waals surface area contributed by atoms with Crippen molar-refractivity contribution < 1.29 is 9.66 Å². The molecule has 0 aliphatic rings. The molecule has 0 saturated heterocycles. The number of non-ortho nitro benzene ring substituents is 1. The summed E-state index contributed by atoms with van der Waals surface area (Å²) in [6, 6.07) is 30.9. The van der Waals surface area contributed by atoms with Crippen molar-refractivity contribution >= 4 is 16.6 Å². The Morgan fingerprint density at radius 3 is 2.06 bits per heavy atom. The highest BCUT2D eigenvalue weighted by molar-refractivity contribution is 5.94. The molecule has 0 amide bonds. The number of hydrogen-bond donors (Lipinski definition) is 0. The maximum Gasteiger partial charge on any atom is 0.269 e. The number of nitro groups is 1. The van der Waals surface area contributed by atoms with Crippen LogP contribution in [0.5, 0.6) is 5.75 Å². The van der Waals surface area contributed by atoms with E-state index < -0.39 is 4.92 Å². The highest BCUT2D eigenvalue weighted by Gasteiger charge is 2.21. The molecular weight excluding hydrogens is 428 g/mol. The molecule has 0 aliphatic carbocycles. The van der Waals surface area contributed by atoms with Crippen LogP contribution in [0.2, 0.25) is 0 Å². The van der Waals surface area contributed by atoms with Gasteiger partial charge in [0, 0.05) is 23.2 Å². The van der Waals surface area contributed by atoms with Gasteiger partial charge in [0.15, 0.2) is 5.43 Å². The van der Waals surface area contributed by atoms with Crippen molar-refractivity contribution in [2.45, 2.75) is 0 Å². The van der Waals surface area contributed by atoms with Crippen LogP contribution in [0.25, 0.3) is 39.0 Å². The van der Waals surface area contributed by atoms with Crippen molar-refractivity contribution in [1.82, 2.24) is 4.57 Å². The van der Waals surface area contributed by atoms with E-state index in [0.717, 1.165) is 22.5 Å². The van der Waals surface area contributed by atoms with E-state index in [4.69, 9.17) is 4.74 Å². The molecule has 6 heteroatoms. The number of nitrogens with zero attached hydrogens (tertiary/aromatic N) is 2. The van der Waals surface area contributed by atoms with E-state index in [1.54, 1.807) is 25.3 Å². The fourth-order valence-electron chi connectivity index (χ4n) is 4.22. The van der Waals surface area contributed by atoms with Gasteiger partial charge in [-0.05, 0) is 59.7 Å². The molecular formula is C28H20N2O4. The Morgan fingerprint density at radius 2 is 1.41 bits per heavy atom. The van der Waals surface area contributed by atoms with E-state index in [-0.39, 0.29) is 11.1 Å². The van der Waals surface area contributed by atoms with Gasteiger partial charge in [0.25, 0.3) is 5.69 Å². The Bertz CT molecular complexity index is 1560. The Morgan fingerprint density at radius 1 is 0.765 bits per heavy atom. The summed E-state index contributed by atoms with van der Waals surface area (Å²) in [5.74, 6) is 0.728. The number of fused-ring (bicyclic) bond motifs is 1. The van der Waals surface area contributed by atoms with Crippen LogP contribution in [0, 0.1) is 10.1 Å². The monoisotopic (exact) mass is 448 g/mol. The molecule has 0 N–H and O–H groups in total. The lowest BCUT2D eigenvalue weighted by Crippen LogP contribution is -2.15. The molecule has 1 aromatic heterocycles. The van der Waals surface area contributed by atoms with Crippen LogP contribution in [-0.2, 0) is 0 Å². The van der Waals surface area contributed by atoms with Gasteiger partial charge in [-0.3, -0.25) is 14.9 Å². The van der Waals surface area contributed by atoms with Gasteiger partial charge < -0.3 is 9.30 Å². The van der Waals surface area contributed by atoms with Crippen molar-refractivity contribution in [1.29, 1.82) is 0 Å². The third-order valence-electron chi connectivity index (χ3n) is 5.82. The second-order valence-electron chi connectivity index (χ2n) is 7.77. The number of benzene rings is 4. The maximum atomic E-state index is 13.9. The number of ether oxygens (including phenoxy) is 1. The Labute approximate surface area is 195 Å². The second kappa shape index (κ2) is 8.67. The van der Waals surface area contributed by atoms with Crippen LogP contribution in [0.1, 0.15) is 0 Å². The van der Waals surface area contributed by atoms with E-state index >= 15 is 0 Å². The van der Waals surface area contributed by atoms with Crippen LogP contribution in [0.15, 0.2) is 108 Å². The fraction of sp³-hybridized carbons (Fsp3) is 0.0357. The molecule has 5 aromatic rings. The van der Waals surface area contributed by atoms with Crippen LogP contribution in [-0.4, -0.2) is 16.6 Å². The molecule has 0 saturated carbocycles. The number of nitro benzene ring substituents is 1. The third-order valence-corrected chi connectivity index (χ3v) is 5.82. The molecule has 5 rings (SSSR count). The predicted molar refractivity (Wildman–Crippen MR) is 134 cm³/mol. The van der Waals surface area contributed by atoms with Crippen LogP contribution in [0.3, 0.4) is 0 Å². The smallest absolute Gasteiger partial charge is 0.269 e. The van der Waals surface area contributed by atoms with Gasteiger partial charge in [0.05, 0.1) is 28.8 Å². The molecule has 0 unspecified atom stereocenters. The topological polar surface area (TPSA) is 74.4 Å². The highest BCUT2D eigenvalue weighted by Crippen LogP contribution is 2.36. The molecule has 34 heavy (non-hydrogen) atoms. The van der Waals surface area contributed by atoms with Crippen LogP contribution < -0.4 is 10.2 Å². The number of rotatable bonds is 5. The Hall–Kier alpha value is -4.71. The number of aromatic nitrogens is 1. The van der Waals surface area contributed by atoms with Crippen molar-refractivity contribution in [2.75, 3.05) is 7.11 Å². The van der Waals surface area contributed by atoms with Crippen molar-refractivity contribution in [3.8, 4) is 33.8 Å². The van der Waals surface area contributed by atoms with Gasteiger partial charge in [-0.15, -0.1) is 0 Å². The number of methoxy groups -OCH3 is 1. The molecule has 1 heterocycles. The summed E-state index contributed by atoms with van der Waals surface area (Å²) in [6.45, 7) is 0. The third kappa shape index (κ3) is 3.61. The number of pyridine rings is 1. The standard InChI is InChI=1S/C28H20N2O4/c1-34-23-17-15-21(16-18-23)29-25-10-6-5-9-24(25)28(31)26(27(29)20-7-3-2-4-8-20)19-11-13-22(14-12-19)30(32)33/h2-18H,1H3. The zero-order chi connectivity index (χ0) is 23.7. The van der Waals surface area contributed by atoms with E-state index in [1.165, 1.54) is 12.1 Å². The minimum atomic E-state index is -0.447. The summed E-state index contributed by atoms with van der Waals surface area (Å²) in [5, 5.41) is 11.8. The first-order chi connectivity index (χ1) is 16.6. The lowest BCUT2D eigenvalue weighted by molar-refractivity contribution is -0.384. The largest absolute Gasteiger partial charge is 0.497 e. The summed E-state index contributed by atoms with van der Waals surface area (Å²) in [6.07, 6.45) is 0. The summed E-state index contributed by atoms with van der Waals surface area (Å²) in [7, 11) is 1.62. The summed E-state index contributed by atoms with van der Waals surface area (Å²) < 4.78 is 7.39. The predicted octanol–water partition coefficient (Wildman–Crippen LogP) is 6.24. The molecule has 166 valence electrons. The minimum absolute atomic E-state index is 0.0266. The van der Waals surface area contributed by atoms with Crippen molar-refractivity contribution in [3.63, 3.8) is 0 Å². The Balaban J connectivity index is 1.93. The average molecular weight is 448 g/mol. The normalized spacial score (nSPS) is 10.9. The number of hydrogen-bond acceptors (Lipinski definition) is 4.